The van der Waals surface area contributed by atoms with E-state index in [1.54, 1.807) is 0 Å². The molecule has 78 valence electrons. The zero-order chi connectivity index (χ0) is 10.8. The fraction of sp³-hybridized carbons (Fsp3) is 0.182. The molecule has 4 heteroatoms. The van der Waals surface area contributed by atoms with Crippen molar-refractivity contribution >= 4 is 28.6 Å². The Morgan fingerprint density at radius 3 is 2.53 bits per heavy atom. The lowest BCUT2D eigenvalue weighted by Crippen LogP contribution is -1.82. The van der Waals surface area contributed by atoms with E-state index in [4.69, 9.17) is 4.52 Å². The first-order valence-corrected chi connectivity index (χ1v) is 5.97. The van der Waals surface area contributed by atoms with Crippen LogP contribution >= 0.6 is 28.6 Å². The molecular formula is C11H10BrNOS. The first-order valence-electron chi connectivity index (χ1n) is 4.54. The smallest absolute Gasteiger partial charge is 0.170 e. The van der Waals surface area contributed by atoms with Crippen LogP contribution in [0.1, 0.15) is 11.3 Å². The van der Waals surface area contributed by atoms with Gasteiger partial charge in [0.25, 0.3) is 0 Å². The predicted molar refractivity (Wildman–Crippen MR) is 67.1 cm³/mol. The molecule has 1 heterocycles. The minimum Gasteiger partial charge on any atom is -0.356 e. The van der Waals surface area contributed by atoms with Gasteiger partial charge in [-0.3, -0.25) is 0 Å². The van der Waals surface area contributed by atoms with Gasteiger partial charge in [0.2, 0.25) is 0 Å². The summed E-state index contributed by atoms with van der Waals surface area (Å²) in [5, 5.41) is 3.97. The summed E-state index contributed by atoms with van der Waals surface area (Å²) < 4.78 is 6.35. The van der Waals surface area contributed by atoms with Gasteiger partial charge in [-0.2, -0.15) is 12.6 Å². The molecule has 0 N–H and O–H groups in total. The first kappa shape index (κ1) is 10.8. The number of rotatable bonds is 2. The van der Waals surface area contributed by atoms with Gasteiger partial charge in [-0.25, -0.2) is 0 Å². The highest BCUT2D eigenvalue weighted by atomic mass is 79.9. The highest BCUT2D eigenvalue weighted by molar-refractivity contribution is 9.10. The third-order valence-electron chi connectivity index (χ3n) is 2.28. The molecule has 0 spiro atoms. The van der Waals surface area contributed by atoms with Crippen molar-refractivity contribution in [2.24, 2.45) is 0 Å². The fourth-order valence-electron chi connectivity index (χ4n) is 1.39. The van der Waals surface area contributed by atoms with E-state index in [2.05, 4.69) is 33.7 Å². The SMILES string of the molecule is Cc1c(CS)noc1-c1ccc(Br)cc1. The summed E-state index contributed by atoms with van der Waals surface area (Å²) in [7, 11) is 0. The lowest BCUT2D eigenvalue weighted by molar-refractivity contribution is 0.426. The molecule has 0 aliphatic rings. The number of hydrogen-bond acceptors (Lipinski definition) is 3. The van der Waals surface area contributed by atoms with E-state index in [9.17, 15) is 0 Å². The van der Waals surface area contributed by atoms with E-state index >= 15 is 0 Å². The highest BCUT2D eigenvalue weighted by Gasteiger charge is 2.11. The summed E-state index contributed by atoms with van der Waals surface area (Å²) in [6.45, 7) is 2.00. The van der Waals surface area contributed by atoms with Crippen LogP contribution in [0.25, 0.3) is 11.3 Å². The number of halogens is 1. The van der Waals surface area contributed by atoms with Crippen LogP contribution in [0.2, 0.25) is 0 Å². The van der Waals surface area contributed by atoms with Crippen molar-refractivity contribution in [2.45, 2.75) is 12.7 Å². The summed E-state index contributed by atoms with van der Waals surface area (Å²) in [6.07, 6.45) is 0. The summed E-state index contributed by atoms with van der Waals surface area (Å²) in [4.78, 5) is 0. The molecule has 2 rings (SSSR count). The van der Waals surface area contributed by atoms with Crippen molar-refractivity contribution in [3.63, 3.8) is 0 Å². The van der Waals surface area contributed by atoms with Crippen LogP contribution in [0.4, 0.5) is 0 Å². The monoisotopic (exact) mass is 283 g/mol. The van der Waals surface area contributed by atoms with Gasteiger partial charge in [0.05, 0.1) is 5.69 Å². The zero-order valence-corrected chi connectivity index (χ0v) is 10.7. The molecular weight excluding hydrogens is 274 g/mol. The van der Waals surface area contributed by atoms with Gasteiger partial charge in [0.1, 0.15) is 0 Å². The van der Waals surface area contributed by atoms with E-state index < -0.39 is 0 Å². The Morgan fingerprint density at radius 1 is 1.33 bits per heavy atom. The Kier molecular flexibility index (Phi) is 3.17. The molecule has 0 atom stereocenters. The molecule has 0 saturated heterocycles. The Morgan fingerprint density at radius 2 is 2.00 bits per heavy atom. The minimum atomic E-state index is 0.603. The van der Waals surface area contributed by atoms with Gasteiger partial charge in [-0.1, -0.05) is 33.2 Å². The van der Waals surface area contributed by atoms with E-state index in [-0.39, 0.29) is 0 Å². The van der Waals surface area contributed by atoms with Crippen LogP contribution in [-0.2, 0) is 5.75 Å². The molecule has 1 aromatic heterocycles. The van der Waals surface area contributed by atoms with Gasteiger partial charge in [-0.15, -0.1) is 0 Å². The van der Waals surface area contributed by atoms with E-state index in [0.717, 1.165) is 27.1 Å². The van der Waals surface area contributed by atoms with Crippen LogP contribution < -0.4 is 0 Å². The lowest BCUT2D eigenvalue weighted by atomic mass is 10.1. The van der Waals surface area contributed by atoms with Crippen LogP contribution in [-0.4, -0.2) is 5.16 Å². The molecule has 0 unspecified atom stereocenters. The summed E-state index contributed by atoms with van der Waals surface area (Å²) in [6, 6.07) is 7.97. The van der Waals surface area contributed by atoms with Gasteiger partial charge in [0, 0.05) is 21.4 Å². The standard InChI is InChI=1S/C11H10BrNOS/c1-7-10(6-15)13-14-11(7)8-2-4-9(12)5-3-8/h2-5,15H,6H2,1H3. The second-order valence-electron chi connectivity index (χ2n) is 3.25. The molecule has 0 amide bonds. The maximum atomic E-state index is 5.30. The summed E-state index contributed by atoms with van der Waals surface area (Å²) >= 11 is 7.59. The van der Waals surface area contributed by atoms with Crippen molar-refractivity contribution in [2.75, 3.05) is 0 Å². The Hall–Kier alpha value is -0.740. The Labute approximate surface area is 102 Å². The highest BCUT2D eigenvalue weighted by Crippen LogP contribution is 2.27. The second kappa shape index (κ2) is 4.41. The molecule has 2 aromatic rings. The van der Waals surface area contributed by atoms with Crippen LogP contribution in [0.15, 0.2) is 33.3 Å². The predicted octanol–water partition coefficient (Wildman–Crippen LogP) is 3.84. The Bertz CT molecular complexity index is 464. The number of nitrogens with zero attached hydrogens (tertiary/aromatic N) is 1. The number of benzene rings is 1. The molecule has 0 saturated carbocycles. The molecule has 0 aliphatic carbocycles. The molecule has 1 aromatic carbocycles. The average Bonchev–Trinajstić information content (AvgIpc) is 2.61. The zero-order valence-electron chi connectivity index (χ0n) is 8.20. The van der Waals surface area contributed by atoms with Crippen LogP contribution in [0.5, 0.6) is 0 Å². The third kappa shape index (κ3) is 2.11. The second-order valence-corrected chi connectivity index (χ2v) is 4.48. The average molecular weight is 284 g/mol. The van der Waals surface area contributed by atoms with Crippen LogP contribution in [0, 0.1) is 6.92 Å². The van der Waals surface area contributed by atoms with E-state index in [0.29, 0.717) is 5.75 Å². The van der Waals surface area contributed by atoms with Gasteiger partial charge < -0.3 is 4.52 Å². The lowest BCUT2D eigenvalue weighted by Gasteiger charge is -1.97. The van der Waals surface area contributed by atoms with Crippen molar-refractivity contribution in [1.29, 1.82) is 0 Å². The fourth-order valence-corrected chi connectivity index (χ4v) is 1.95. The molecule has 15 heavy (non-hydrogen) atoms. The van der Waals surface area contributed by atoms with Gasteiger partial charge in [0.15, 0.2) is 5.76 Å². The topological polar surface area (TPSA) is 26.0 Å². The minimum absolute atomic E-state index is 0.603. The van der Waals surface area contributed by atoms with Crippen molar-refractivity contribution < 1.29 is 4.52 Å². The van der Waals surface area contributed by atoms with Gasteiger partial charge in [-0.05, 0) is 19.1 Å². The van der Waals surface area contributed by atoms with Crippen molar-refractivity contribution in [3.05, 3.63) is 40.0 Å². The number of aromatic nitrogens is 1. The molecule has 0 aliphatic heterocycles. The molecule has 0 bridgehead atoms. The Balaban J connectivity index is 2.45. The maximum Gasteiger partial charge on any atom is 0.170 e. The first-order chi connectivity index (χ1) is 7.22. The summed E-state index contributed by atoms with van der Waals surface area (Å²) in [5.41, 5.74) is 3.00. The van der Waals surface area contributed by atoms with E-state index in [1.807, 2.05) is 31.2 Å². The van der Waals surface area contributed by atoms with E-state index in [1.165, 1.54) is 0 Å². The number of hydrogen-bond donors (Lipinski definition) is 1. The maximum absolute atomic E-state index is 5.30. The third-order valence-corrected chi connectivity index (χ3v) is 3.10. The normalized spacial score (nSPS) is 10.6. The molecule has 0 radical (unpaired) electrons. The van der Waals surface area contributed by atoms with Crippen molar-refractivity contribution in [3.8, 4) is 11.3 Å². The van der Waals surface area contributed by atoms with Gasteiger partial charge >= 0.3 is 0 Å². The largest absolute Gasteiger partial charge is 0.356 e. The van der Waals surface area contributed by atoms with Crippen molar-refractivity contribution in [1.82, 2.24) is 5.16 Å². The molecule has 0 fully saturated rings. The van der Waals surface area contributed by atoms with Crippen LogP contribution in [0.3, 0.4) is 0 Å². The summed E-state index contributed by atoms with van der Waals surface area (Å²) in [5.74, 6) is 1.43. The number of thiol groups is 1. The quantitative estimate of drug-likeness (QED) is 0.848. The molecule has 2 nitrogen and oxygen atoms in total.